The third kappa shape index (κ3) is 4.57. The summed E-state index contributed by atoms with van der Waals surface area (Å²) in [6.45, 7) is 5.44. The molecule has 0 radical (unpaired) electrons. The van der Waals surface area contributed by atoms with Crippen LogP contribution in [0.5, 0.6) is 0 Å². The highest BCUT2D eigenvalue weighted by Gasteiger charge is 2.23. The quantitative estimate of drug-likeness (QED) is 0.657. The van der Waals surface area contributed by atoms with Crippen LogP contribution in [0.1, 0.15) is 38.1 Å². The van der Waals surface area contributed by atoms with Gasteiger partial charge in [-0.25, -0.2) is 4.79 Å². The number of halogens is 1. The molecule has 2 rings (SSSR count). The van der Waals surface area contributed by atoms with Crippen molar-refractivity contribution in [1.29, 1.82) is 0 Å². The number of carbonyl (C=O) groups excluding carboxylic acids is 3. The first kappa shape index (κ1) is 19.4. The molecule has 0 aliphatic carbocycles. The largest absolute Gasteiger partial charge is 0.450 e. The summed E-state index contributed by atoms with van der Waals surface area (Å²) in [7, 11) is 0. The zero-order valence-electron chi connectivity index (χ0n) is 13.9. The topological polar surface area (TPSA) is 84.5 Å². The predicted molar refractivity (Wildman–Crippen MR) is 105 cm³/mol. The minimum Gasteiger partial charge on any atom is -0.450 e. The molecule has 0 saturated heterocycles. The molecule has 132 valence electrons. The smallest absolute Gasteiger partial charge is 0.414 e. The van der Waals surface area contributed by atoms with Crippen molar-refractivity contribution in [3.05, 3.63) is 49.4 Å². The van der Waals surface area contributed by atoms with Crippen LogP contribution in [0.4, 0.5) is 9.80 Å². The molecule has 0 spiro atoms. The fourth-order valence-electron chi connectivity index (χ4n) is 2.13. The number of amides is 3. The lowest BCUT2D eigenvalue weighted by molar-refractivity contribution is 0.0925. The Morgan fingerprint density at radius 3 is 2.48 bits per heavy atom. The molecule has 25 heavy (non-hydrogen) atoms. The summed E-state index contributed by atoms with van der Waals surface area (Å²) in [4.78, 5) is 37.3. The van der Waals surface area contributed by atoms with Crippen LogP contribution >= 0.6 is 33.9 Å². The number of hydrogen-bond donors (Lipinski definition) is 2. The van der Waals surface area contributed by atoms with Gasteiger partial charge in [0, 0.05) is 8.45 Å². The molecule has 1 aromatic carbocycles. The Kier molecular flexibility index (Phi) is 6.54. The molecule has 8 heteroatoms. The number of nitrogens with one attached hydrogen (secondary N) is 2. The molecule has 1 aromatic heterocycles. The Balaban J connectivity index is 2.29. The fourth-order valence-corrected chi connectivity index (χ4v) is 3.81. The molecule has 2 N–H and O–H groups in total. The van der Waals surface area contributed by atoms with Crippen molar-refractivity contribution in [2.24, 2.45) is 0 Å². The Hall–Kier alpha value is -1.94. The molecule has 0 atom stereocenters. The SMILES string of the molecule is CCOC(=O)NC(=O)c1c(NC(=O)c2ccccc2I)sc(C)c1C. The molecule has 0 unspecified atom stereocenters. The number of carbonyl (C=O) groups is 3. The van der Waals surface area contributed by atoms with Crippen LogP contribution in [-0.2, 0) is 4.74 Å². The first-order valence-corrected chi connectivity index (χ1v) is 9.38. The van der Waals surface area contributed by atoms with Gasteiger partial charge in [0.2, 0.25) is 0 Å². The van der Waals surface area contributed by atoms with Crippen LogP contribution < -0.4 is 10.6 Å². The number of imide groups is 1. The van der Waals surface area contributed by atoms with Crippen molar-refractivity contribution in [2.45, 2.75) is 20.8 Å². The lowest BCUT2D eigenvalue weighted by Gasteiger charge is -2.09. The summed E-state index contributed by atoms with van der Waals surface area (Å²) in [5, 5.41) is 5.35. The first-order valence-electron chi connectivity index (χ1n) is 7.49. The van der Waals surface area contributed by atoms with Gasteiger partial charge in [-0.15, -0.1) is 11.3 Å². The Morgan fingerprint density at radius 1 is 1.16 bits per heavy atom. The summed E-state index contributed by atoms with van der Waals surface area (Å²) >= 11 is 3.37. The third-order valence-corrected chi connectivity index (χ3v) is 5.51. The normalized spacial score (nSPS) is 10.2. The van der Waals surface area contributed by atoms with E-state index in [1.807, 2.05) is 19.1 Å². The number of alkyl carbamates (subject to hydrolysis) is 1. The van der Waals surface area contributed by atoms with Gasteiger partial charge in [-0.3, -0.25) is 14.9 Å². The number of hydrogen-bond acceptors (Lipinski definition) is 5. The second-order valence-electron chi connectivity index (χ2n) is 5.10. The highest BCUT2D eigenvalue weighted by Crippen LogP contribution is 2.33. The van der Waals surface area contributed by atoms with Crippen molar-refractivity contribution in [3.63, 3.8) is 0 Å². The standard InChI is InChI=1S/C17H17IN2O4S/c1-4-24-17(23)20-15(22)13-9(2)10(3)25-16(13)19-14(21)11-7-5-6-8-12(11)18/h5-8H,4H2,1-3H3,(H,19,21)(H,20,22,23). The zero-order chi connectivity index (χ0) is 18.6. The van der Waals surface area contributed by atoms with Crippen molar-refractivity contribution >= 4 is 56.8 Å². The van der Waals surface area contributed by atoms with Crippen molar-refractivity contribution in [1.82, 2.24) is 5.32 Å². The van der Waals surface area contributed by atoms with E-state index in [1.54, 1.807) is 26.0 Å². The monoisotopic (exact) mass is 472 g/mol. The maximum Gasteiger partial charge on any atom is 0.414 e. The van der Waals surface area contributed by atoms with E-state index in [9.17, 15) is 14.4 Å². The van der Waals surface area contributed by atoms with E-state index in [1.165, 1.54) is 11.3 Å². The minimum atomic E-state index is -0.814. The van der Waals surface area contributed by atoms with E-state index < -0.39 is 12.0 Å². The van der Waals surface area contributed by atoms with Crippen molar-refractivity contribution in [3.8, 4) is 0 Å². The summed E-state index contributed by atoms with van der Waals surface area (Å²) in [6.07, 6.45) is -0.814. The number of benzene rings is 1. The van der Waals surface area contributed by atoms with Crippen molar-refractivity contribution in [2.75, 3.05) is 11.9 Å². The summed E-state index contributed by atoms with van der Waals surface area (Å²) in [5.41, 5.74) is 1.50. The Labute approximate surface area is 163 Å². The number of thiophene rings is 1. The second kappa shape index (κ2) is 8.43. The third-order valence-electron chi connectivity index (χ3n) is 3.45. The lowest BCUT2D eigenvalue weighted by Crippen LogP contribution is -2.32. The molecule has 0 aliphatic rings. The fraction of sp³-hybridized carbons (Fsp3) is 0.235. The average Bonchev–Trinajstić information content (AvgIpc) is 2.82. The summed E-state index contributed by atoms with van der Waals surface area (Å²) in [6, 6.07) is 7.16. The van der Waals surface area contributed by atoms with E-state index in [-0.39, 0.29) is 18.1 Å². The second-order valence-corrected chi connectivity index (χ2v) is 7.48. The minimum absolute atomic E-state index is 0.163. The van der Waals surface area contributed by atoms with E-state index >= 15 is 0 Å². The van der Waals surface area contributed by atoms with Crippen LogP contribution in [0.15, 0.2) is 24.3 Å². The molecule has 0 bridgehead atoms. The van der Waals surface area contributed by atoms with Gasteiger partial charge in [-0.05, 0) is 61.1 Å². The zero-order valence-corrected chi connectivity index (χ0v) is 16.9. The molecule has 0 aliphatic heterocycles. The van der Waals surface area contributed by atoms with Gasteiger partial charge in [-0.2, -0.15) is 0 Å². The van der Waals surface area contributed by atoms with Gasteiger partial charge in [-0.1, -0.05) is 12.1 Å². The van der Waals surface area contributed by atoms with Gasteiger partial charge < -0.3 is 10.1 Å². The molecule has 6 nitrogen and oxygen atoms in total. The maximum atomic E-state index is 12.5. The average molecular weight is 472 g/mol. The van der Waals surface area contributed by atoms with Crippen molar-refractivity contribution < 1.29 is 19.1 Å². The Morgan fingerprint density at radius 2 is 1.84 bits per heavy atom. The predicted octanol–water partition coefficient (Wildman–Crippen LogP) is 4.11. The molecular formula is C17H17IN2O4S. The van der Waals surface area contributed by atoms with Gasteiger partial charge in [0.15, 0.2) is 0 Å². The van der Waals surface area contributed by atoms with Crippen LogP contribution in [0, 0.1) is 17.4 Å². The number of rotatable bonds is 4. The van der Waals surface area contributed by atoms with Gasteiger partial charge in [0.1, 0.15) is 5.00 Å². The number of anilines is 1. The van der Waals surface area contributed by atoms with E-state index in [2.05, 4.69) is 33.2 Å². The summed E-state index contributed by atoms with van der Waals surface area (Å²) < 4.78 is 5.54. The van der Waals surface area contributed by atoms with E-state index in [0.717, 1.165) is 8.45 Å². The molecule has 1 heterocycles. The van der Waals surface area contributed by atoms with Crippen LogP contribution in [-0.4, -0.2) is 24.5 Å². The lowest BCUT2D eigenvalue weighted by atomic mass is 10.1. The van der Waals surface area contributed by atoms with Crippen LogP contribution in [0.25, 0.3) is 0 Å². The van der Waals surface area contributed by atoms with Gasteiger partial charge in [0.05, 0.1) is 17.7 Å². The molecule has 2 aromatic rings. The summed E-state index contributed by atoms with van der Waals surface area (Å²) in [5.74, 6) is -0.908. The highest BCUT2D eigenvalue weighted by molar-refractivity contribution is 14.1. The van der Waals surface area contributed by atoms with Crippen LogP contribution in [0.2, 0.25) is 0 Å². The number of aryl methyl sites for hydroxylation is 1. The van der Waals surface area contributed by atoms with E-state index in [4.69, 9.17) is 4.74 Å². The Bertz CT molecular complexity index is 832. The van der Waals surface area contributed by atoms with Gasteiger partial charge in [0.25, 0.3) is 11.8 Å². The number of ether oxygens (including phenoxy) is 1. The molecule has 3 amide bonds. The van der Waals surface area contributed by atoms with Crippen LogP contribution in [0.3, 0.4) is 0 Å². The van der Waals surface area contributed by atoms with E-state index in [0.29, 0.717) is 16.1 Å². The molecule has 0 saturated carbocycles. The molecule has 0 fully saturated rings. The molecular weight excluding hydrogens is 455 g/mol. The maximum absolute atomic E-state index is 12.5. The van der Waals surface area contributed by atoms with Gasteiger partial charge >= 0.3 is 6.09 Å². The highest BCUT2D eigenvalue weighted by atomic mass is 127. The first-order chi connectivity index (χ1) is 11.8.